The fourth-order valence-corrected chi connectivity index (χ4v) is 2.64. The Morgan fingerprint density at radius 2 is 1.27 bits per heavy atom. The van der Waals surface area contributed by atoms with E-state index in [0.29, 0.717) is 0 Å². The van der Waals surface area contributed by atoms with Gasteiger partial charge >= 0.3 is 6.18 Å². The Balaban J connectivity index is 1.77. The van der Waals surface area contributed by atoms with E-state index in [9.17, 15) is 13.2 Å². The molecule has 0 atom stereocenters. The van der Waals surface area contributed by atoms with E-state index in [0.717, 1.165) is 55.1 Å². The summed E-state index contributed by atoms with van der Waals surface area (Å²) in [7, 11) is 0. The average Bonchev–Trinajstić information content (AvgIpc) is 2.55. The van der Waals surface area contributed by atoms with Gasteiger partial charge in [0.25, 0.3) is 0 Å². The van der Waals surface area contributed by atoms with E-state index < -0.39 is 11.7 Å². The van der Waals surface area contributed by atoms with E-state index >= 15 is 0 Å². The number of nitrogens with one attached hydrogen (secondary N) is 1. The molecule has 2 aromatic rings. The van der Waals surface area contributed by atoms with Gasteiger partial charge in [-0.05, 0) is 35.4 Å². The fraction of sp³-hybridized carbons (Fsp3) is 0.294. The summed E-state index contributed by atoms with van der Waals surface area (Å²) >= 11 is 0. The van der Waals surface area contributed by atoms with Gasteiger partial charge in [-0.3, -0.25) is 0 Å². The van der Waals surface area contributed by atoms with Crippen molar-refractivity contribution >= 4 is 5.69 Å². The normalized spacial score (nSPS) is 15.9. The maximum atomic E-state index is 12.6. The molecule has 116 valence electrons. The van der Waals surface area contributed by atoms with Crippen LogP contribution in [0.25, 0.3) is 11.1 Å². The maximum Gasteiger partial charge on any atom is 0.416 e. The van der Waals surface area contributed by atoms with Gasteiger partial charge in [0.15, 0.2) is 0 Å². The molecule has 1 heterocycles. The molecule has 1 fully saturated rings. The third-order valence-corrected chi connectivity index (χ3v) is 3.90. The van der Waals surface area contributed by atoms with E-state index in [4.69, 9.17) is 0 Å². The predicted octanol–water partition coefficient (Wildman–Crippen LogP) is 3.78. The Kier molecular flexibility index (Phi) is 4.07. The zero-order valence-corrected chi connectivity index (χ0v) is 12.0. The number of benzene rings is 2. The van der Waals surface area contributed by atoms with Crippen LogP contribution < -0.4 is 10.2 Å². The second-order valence-electron chi connectivity index (χ2n) is 5.36. The molecule has 5 heteroatoms. The maximum absolute atomic E-state index is 12.6. The molecule has 2 nitrogen and oxygen atoms in total. The number of halogens is 3. The zero-order valence-electron chi connectivity index (χ0n) is 12.0. The van der Waals surface area contributed by atoms with Gasteiger partial charge in [0.2, 0.25) is 0 Å². The predicted molar refractivity (Wildman–Crippen MR) is 82.0 cm³/mol. The Morgan fingerprint density at radius 1 is 0.773 bits per heavy atom. The summed E-state index contributed by atoms with van der Waals surface area (Å²) in [6, 6.07) is 13.3. The lowest BCUT2D eigenvalue weighted by atomic mass is 10.0. The van der Waals surface area contributed by atoms with Crippen molar-refractivity contribution in [1.29, 1.82) is 0 Å². The highest BCUT2D eigenvalue weighted by atomic mass is 19.4. The quantitative estimate of drug-likeness (QED) is 0.908. The SMILES string of the molecule is FC(F)(F)c1ccc(-c2ccc(N3CCNCC3)cc2)cc1. The number of rotatable bonds is 2. The molecule has 1 saturated heterocycles. The molecule has 1 aliphatic rings. The van der Waals surface area contributed by atoms with Crippen LogP contribution in [-0.2, 0) is 6.18 Å². The van der Waals surface area contributed by atoms with Gasteiger partial charge in [-0.25, -0.2) is 0 Å². The highest BCUT2D eigenvalue weighted by molar-refractivity contribution is 5.66. The lowest BCUT2D eigenvalue weighted by molar-refractivity contribution is -0.137. The minimum absolute atomic E-state index is 0.617. The third kappa shape index (κ3) is 3.25. The van der Waals surface area contributed by atoms with Crippen LogP contribution in [0, 0.1) is 0 Å². The number of piperazine rings is 1. The number of hydrogen-bond acceptors (Lipinski definition) is 2. The van der Waals surface area contributed by atoms with Crippen molar-refractivity contribution in [3.63, 3.8) is 0 Å². The minimum Gasteiger partial charge on any atom is -0.369 e. The number of anilines is 1. The fourth-order valence-electron chi connectivity index (χ4n) is 2.64. The molecule has 2 aromatic carbocycles. The summed E-state index contributed by atoms with van der Waals surface area (Å²) in [5.74, 6) is 0. The van der Waals surface area contributed by atoms with Crippen LogP contribution in [0.2, 0.25) is 0 Å². The van der Waals surface area contributed by atoms with Crippen molar-refractivity contribution in [2.45, 2.75) is 6.18 Å². The second-order valence-corrected chi connectivity index (χ2v) is 5.36. The van der Waals surface area contributed by atoms with Crippen LogP contribution in [0.5, 0.6) is 0 Å². The van der Waals surface area contributed by atoms with Crippen molar-refractivity contribution in [1.82, 2.24) is 5.32 Å². The Hall–Kier alpha value is -2.01. The molecule has 1 N–H and O–H groups in total. The van der Waals surface area contributed by atoms with E-state index in [2.05, 4.69) is 10.2 Å². The smallest absolute Gasteiger partial charge is 0.369 e. The lowest BCUT2D eigenvalue weighted by Gasteiger charge is -2.29. The molecule has 0 aromatic heterocycles. The van der Waals surface area contributed by atoms with Gasteiger partial charge in [-0.1, -0.05) is 24.3 Å². The molecular weight excluding hydrogens is 289 g/mol. The van der Waals surface area contributed by atoms with Gasteiger partial charge in [0.05, 0.1) is 5.56 Å². The van der Waals surface area contributed by atoms with Crippen LogP contribution in [-0.4, -0.2) is 26.2 Å². The van der Waals surface area contributed by atoms with Crippen LogP contribution in [0.4, 0.5) is 18.9 Å². The molecule has 0 bridgehead atoms. The largest absolute Gasteiger partial charge is 0.416 e. The van der Waals surface area contributed by atoms with Crippen molar-refractivity contribution in [3.8, 4) is 11.1 Å². The molecule has 1 aliphatic heterocycles. The second kappa shape index (κ2) is 6.01. The molecular formula is C17H17F3N2. The summed E-state index contributed by atoms with van der Waals surface area (Å²) in [5, 5.41) is 3.31. The first-order valence-corrected chi connectivity index (χ1v) is 7.27. The van der Waals surface area contributed by atoms with Crippen LogP contribution in [0.15, 0.2) is 48.5 Å². The van der Waals surface area contributed by atoms with Gasteiger partial charge in [0.1, 0.15) is 0 Å². The Morgan fingerprint density at radius 3 is 1.77 bits per heavy atom. The van der Waals surface area contributed by atoms with Gasteiger partial charge in [-0.2, -0.15) is 13.2 Å². The topological polar surface area (TPSA) is 15.3 Å². The number of alkyl halides is 3. The summed E-state index contributed by atoms with van der Waals surface area (Å²) in [6.45, 7) is 3.89. The first-order valence-electron chi connectivity index (χ1n) is 7.27. The highest BCUT2D eigenvalue weighted by Crippen LogP contribution is 2.31. The third-order valence-electron chi connectivity index (χ3n) is 3.90. The van der Waals surface area contributed by atoms with E-state index in [1.165, 1.54) is 12.1 Å². The van der Waals surface area contributed by atoms with Crippen LogP contribution >= 0.6 is 0 Å². The van der Waals surface area contributed by atoms with Crippen molar-refractivity contribution in [2.75, 3.05) is 31.1 Å². The summed E-state index contributed by atoms with van der Waals surface area (Å²) in [4.78, 5) is 2.30. The standard InChI is InChI=1S/C17H17F3N2/c18-17(19,20)15-5-1-13(2-6-15)14-3-7-16(8-4-14)22-11-9-21-10-12-22/h1-8,21H,9-12H2. The lowest BCUT2D eigenvalue weighted by Crippen LogP contribution is -2.43. The first kappa shape index (κ1) is 14.9. The Labute approximate surface area is 127 Å². The van der Waals surface area contributed by atoms with Gasteiger partial charge in [-0.15, -0.1) is 0 Å². The number of hydrogen-bond donors (Lipinski definition) is 1. The molecule has 0 amide bonds. The molecule has 0 radical (unpaired) electrons. The molecule has 0 aliphatic carbocycles. The van der Waals surface area contributed by atoms with Gasteiger partial charge < -0.3 is 10.2 Å². The highest BCUT2D eigenvalue weighted by Gasteiger charge is 2.29. The molecule has 22 heavy (non-hydrogen) atoms. The zero-order chi connectivity index (χ0) is 15.6. The van der Waals surface area contributed by atoms with Crippen LogP contribution in [0.3, 0.4) is 0 Å². The van der Waals surface area contributed by atoms with Crippen molar-refractivity contribution in [3.05, 3.63) is 54.1 Å². The monoisotopic (exact) mass is 306 g/mol. The first-order chi connectivity index (χ1) is 10.5. The van der Waals surface area contributed by atoms with Crippen molar-refractivity contribution < 1.29 is 13.2 Å². The summed E-state index contributed by atoms with van der Waals surface area (Å²) < 4.78 is 37.7. The Bertz CT molecular complexity index is 612. The molecule has 0 saturated carbocycles. The summed E-state index contributed by atoms with van der Waals surface area (Å²) in [5.41, 5.74) is 2.25. The van der Waals surface area contributed by atoms with Gasteiger partial charge in [0, 0.05) is 31.9 Å². The molecule has 0 unspecified atom stereocenters. The summed E-state index contributed by atoms with van der Waals surface area (Å²) in [6.07, 6.45) is -4.29. The van der Waals surface area contributed by atoms with Crippen LogP contribution in [0.1, 0.15) is 5.56 Å². The van der Waals surface area contributed by atoms with Crippen molar-refractivity contribution in [2.24, 2.45) is 0 Å². The molecule has 3 rings (SSSR count). The van der Waals surface area contributed by atoms with E-state index in [1.807, 2.05) is 24.3 Å². The van der Waals surface area contributed by atoms with E-state index in [-0.39, 0.29) is 0 Å². The van der Waals surface area contributed by atoms with E-state index in [1.54, 1.807) is 0 Å². The number of nitrogens with zero attached hydrogens (tertiary/aromatic N) is 1. The molecule has 0 spiro atoms. The average molecular weight is 306 g/mol. The minimum atomic E-state index is -4.29.